The lowest BCUT2D eigenvalue weighted by Gasteiger charge is -2.39. The van der Waals surface area contributed by atoms with Gasteiger partial charge in [0, 0.05) is 6.04 Å². The molecule has 0 aromatic carbocycles. The minimum Gasteiger partial charge on any atom is -0.371 e. The molecule has 1 aliphatic heterocycles. The number of nitrogens with one attached hydrogen (secondary N) is 3. The number of anilines is 3. The zero-order chi connectivity index (χ0) is 11.2. The normalized spacial score (nSPS) is 22.5. The molecule has 82 valence electrons. The molecule has 0 saturated carbocycles. The predicted octanol–water partition coefficient (Wildman–Crippen LogP) is 0.357. The van der Waals surface area contributed by atoms with Gasteiger partial charge in [0.15, 0.2) is 5.82 Å². The highest BCUT2D eigenvalue weighted by Gasteiger charge is 2.33. The van der Waals surface area contributed by atoms with Crippen LogP contribution in [0.5, 0.6) is 0 Å². The van der Waals surface area contributed by atoms with Gasteiger partial charge in [-0.2, -0.15) is 4.98 Å². The third-order valence-electron chi connectivity index (χ3n) is 2.82. The Bertz CT molecular complexity index is 450. The fraction of sp³-hybridized carbons (Fsp3) is 0.556. The Balaban J connectivity index is 2.55. The van der Waals surface area contributed by atoms with E-state index in [-0.39, 0.29) is 23.1 Å². The summed E-state index contributed by atoms with van der Waals surface area (Å²) in [6.07, 6.45) is 0. The molecule has 0 fully saturated rings. The SMILES string of the molecule is CC1Nc2nc(N)[nH]c(=O)c2NC1(C)C. The maximum atomic E-state index is 11.6. The lowest BCUT2D eigenvalue weighted by atomic mass is 9.93. The van der Waals surface area contributed by atoms with Crippen molar-refractivity contribution in [2.45, 2.75) is 32.4 Å². The van der Waals surface area contributed by atoms with Gasteiger partial charge in [0.25, 0.3) is 5.56 Å². The minimum absolute atomic E-state index is 0.125. The monoisotopic (exact) mass is 209 g/mol. The maximum absolute atomic E-state index is 11.6. The second-order valence-electron chi connectivity index (χ2n) is 4.39. The van der Waals surface area contributed by atoms with Crippen LogP contribution in [0, 0.1) is 0 Å². The van der Waals surface area contributed by atoms with E-state index in [0.29, 0.717) is 11.5 Å². The molecular formula is C9H15N5O. The van der Waals surface area contributed by atoms with Gasteiger partial charge in [-0.3, -0.25) is 9.78 Å². The van der Waals surface area contributed by atoms with E-state index in [1.807, 2.05) is 20.8 Å². The van der Waals surface area contributed by atoms with Gasteiger partial charge in [0.2, 0.25) is 5.95 Å². The Hall–Kier alpha value is -1.72. The maximum Gasteiger partial charge on any atom is 0.277 e. The summed E-state index contributed by atoms with van der Waals surface area (Å²) in [4.78, 5) is 18.1. The van der Waals surface area contributed by atoms with Gasteiger partial charge < -0.3 is 16.4 Å². The second-order valence-corrected chi connectivity index (χ2v) is 4.39. The Morgan fingerprint density at radius 2 is 2.13 bits per heavy atom. The molecule has 0 saturated heterocycles. The van der Waals surface area contributed by atoms with Crippen LogP contribution in [0.25, 0.3) is 0 Å². The quantitative estimate of drug-likeness (QED) is 0.494. The summed E-state index contributed by atoms with van der Waals surface area (Å²) in [7, 11) is 0. The van der Waals surface area contributed by atoms with Gasteiger partial charge in [-0.05, 0) is 20.8 Å². The first-order chi connectivity index (χ1) is 6.90. The Morgan fingerprint density at radius 3 is 2.80 bits per heavy atom. The molecule has 0 spiro atoms. The van der Waals surface area contributed by atoms with Crippen LogP contribution in [-0.2, 0) is 0 Å². The summed E-state index contributed by atoms with van der Waals surface area (Å²) in [5.41, 5.74) is 5.47. The molecule has 15 heavy (non-hydrogen) atoms. The first-order valence-corrected chi connectivity index (χ1v) is 4.84. The Morgan fingerprint density at radius 1 is 1.47 bits per heavy atom. The molecule has 0 bridgehead atoms. The molecule has 1 aromatic rings. The van der Waals surface area contributed by atoms with Gasteiger partial charge in [-0.1, -0.05) is 0 Å². The predicted molar refractivity (Wildman–Crippen MR) is 60.1 cm³/mol. The van der Waals surface area contributed by atoms with E-state index in [1.54, 1.807) is 0 Å². The van der Waals surface area contributed by atoms with E-state index >= 15 is 0 Å². The molecule has 2 heterocycles. The molecule has 1 aromatic heterocycles. The third-order valence-corrected chi connectivity index (χ3v) is 2.82. The first-order valence-electron chi connectivity index (χ1n) is 4.84. The van der Waals surface area contributed by atoms with Crippen molar-refractivity contribution in [3.05, 3.63) is 10.4 Å². The highest BCUT2D eigenvalue weighted by molar-refractivity contribution is 5.68. The molecule has 1 atom stereocenters. The first kappa shape index (κ1) is 9.82. The number of nitrogen functional groups attached to an aromatic ring is 1. The average Bonchev–Trinajstić information content (AvgIpc) is 2.09. The molecule has 1 unspecified atom stereocenters. The number of fused-ring (bicyclic) bond motifs is 1. The minimum atomic E-state index is -0.245. The van der Waals surface area contributed by atoms with Crippen LogP contribution in [0.4, 0.5) is 17.5 Å². The molecule has 0 aliphatic carbocycles. The molecule has 0 amide bonds. The summed E-state index contributed by atoms with van der Waals surface area (Å²) in [6, 6.07) is 0.165. The van der Waals surface area contributed by atoms with Crippen LogP contribution in [0.15, 0.2) is 4.79 Å². The van der Waals surface area contributed by atoms with Gasteiger partial charge in [-0.15, -0.1) is 0 Å². The van der Waals surface area contributed by atoms with Crippen molar-refractivity contribution in [2.75, 3.05) is 16.4 Å². The summed E-state index contributed by atoms with van der Waals surface area (Å²) in [6.45, 7) is 6.06. The van der Waals surface area contributed by atoms with Crippen molar-refractivity contribution in [3.8, 4) is 0 Å². The van der Waals surface area contributed by atoms with Crippen LogP contribution in [0.3, 0.4) is 0 Å². The topological polar surface area (TPSA) is 95.8 Å². The van der Waals surface area contributed by atoms with Crippen molar-refractivity contribution in [1.82, 2.24) is 9.97 Å². The van der Waals surface area contributed by atoms with Gasteiger partial charge in [0.05, 0.1) is 5.54 Å². The van der Waals surface area contributed by atoms with E-state index in [0.717, 1.165) is 0 Å². The van der Waals surface area contributed by atoms with E-state index in [2.05, 4.69) is 20.6 Å². The zero-order valence-corrected chi connectivity index (χ0v) is 9.01. The number of nitrogens with zero attached hydrogens (tertiary/aromatic N) is 1. The third kappa shape index (κ3) is 1.51. The van der Waals surface area contributed by atoms with Crippen LogP contribution < -0.4 is 21.9 Å². The van der Waals surface area contributed by atoms with Gasteiger partial charge in [0.1, 0.15) is 5.69 Å². The lowest BCUT2D eigenvalue weighted by molar-refractivity contribution is 0.483. The van der Waals surface area contributed by atoms with E-state index in [1.165, 1.54) is 0 Å². The number of aromatic nitrogens is 2. The number of hydrogen-bond donors (Lipinski definition) is 4. The number of rotatable bonds is 0. The fourth-order valence-electron chi connectivity index (χ4n) is 1.53. The summed E-state index contributed by atoms with van der Waals surface area (Å²) in [5, 5.41) is 6.32. The van der Waals surface area contributed by atoms with E-state index in [9.17, 15) is 4.79 Å². The van der Waals surface area contributed by atoms with Crippen molar-refractivity contribution in [2.24, 2.45) is 0 Å². The molecule has 0 radical (unpaired) electrons. The van der Waals surface area contributed by atoms with Crippen molar-refractivity contribution in [3.63, 3.8) is 0 Å². The Labute approximate surface area is 87.3 Å². The van der Waals surface area contributed by atoms with Crippen LogP contribution in [0.2, 0.25) is 0 Å². The lowest BCUT2D eigenvalue weighted by Crippen LogP contribution is -2.51. The molecule has 2 rings (SSSR count). The summed E-state index contributed by atoms with van der Waals surface area (Å²) >= 11 is 0. The Kier molecular flexibility index (Phi) is 1.89. The smallest absolute Gasteiger partial charge is 0.277 e. The number of hydrogen-bond acceptors (Lipinski definition) is 5. The van der Waals surface area contributed by atoms with Crippen molar-refractivity contribution < 1.29 is 0 Å². The van der Waals surface area contributed by atoms with Crippen LogP contribution >= 0.6 is 0 Å². The summed E-state index contributed by atoms with van der Waals surface area (Å²) in [5.74, 6) is 0.642. The fourth-order valence-corrected chi connectivity index (χ4v) is 1.53. The summed E-state index contributed by atoms with van der Waals surface area (Å²) < 4.78 is 0. The van der Waals surface area contributed by atoms with E-state index in [4.69, 9.17) is 5.73 Å². The van der Waals surface area contributed by atoms with Gasteiger partial charge in [-0.25, -0.2) is 0 Å². The molecular weight excluding hydrogens is 194 g/mol. The van der Waals surface area contributed by atoms with Crippen LogP contribution in [-0.4, -0.2) is 21.5 Å². The standard InChI is InChI=1S/C9H15N5O/c1-4-9(2,3)14-5-6(11-4)12-8(10)13-7(5)15/h4,14H,1-3H3,(H4,10,11,12,13,15). The van der Waals surface area contributed by atoms with Crippen molar-refractivity contribution >= 4 is 17.5 Å². The van der Waals surface area contributed by atoms with Crippen LogP contribution in [0.1, 0.15) is 20.8 Å². The number of aromatic amines is 1. The largest absolute Gasteiger partial charge is 0.371 e. The molecule has 1 aliphatic rings. The highest BCUT2D eigenvalue weighted by atomic mass is 16.1. The van der Waals surface area contributed by atoms with Gasteiger partial charge >= 0.3 is 0 Å². The van der Waals surface area contributed by atoms with Crippen molar-refractivity contribution in [1.29, 1.82) is 0 Å². The molecule has 6 heteroatoms. The molecule has 5 N–H and O–H groups in total. The number of nitrogens with two attached hydrogens (primary N) is 1. The molecule has 6 nitrogen and oxygen atoms in total. The zero-order valence-electron chi connectivity index (χ0n) is 9.01. The number of H-pyrrole nitrogens is 1. The second kappa shape index (κ2) is 2.88. The highest BCUT2D eigenvalue weighted by Crippen LogP contribution is 2.28. The van der Waals surface area contributed by atoms with E-state index < -0.39 is 0 Å². The average molecular weight is 209 g/mol.